The Morgan fingerprint density at radius 2 is 1.71 bits per heavy atom. The number of aryl methyl sites for hydroxylation is 1. The maximum Gasteiger partial charge on any atom is 0.265 e. The molecule has 0 spiro atoms. The molecule has 0 radical (unpaired) electrons. The van der Waals surface area contributed by atoms with Crippen molar-refractivity contribution in [1.82, 2.24) is 10.2 Å². The molecule has 0 saturated carbocycles. The van der Waals surface area contributed by atoms with Crippen LogP contribution in [0.25, 0.3) is 6.08 Å². The predicted molar refractivity (Wildman–Crippen MR) is 140 cm³/mol. The third-order valence-corrected chi connectivity index (χ3v) is 6.70. The lowest BCUT2D eigenvalue weighted by atomic mass is 10.1. The van der Waals surface area contributed by atoms with Gasteiger partial charge in [0.05, 0.1) is 10.6 Å². The quantitative estimate of drug-likeness (QED) is 0.483. The number of rotatable bonds is 8. The molecule has 4 rings (SSSR count). The fraction of sp³-hybridized carbons (Fsp3) is 0.214. The van der Waals surface area contributed by atoms with Gasteiger partial charge in [-0.2, -0.15) is 0 Å². The van der Waals surface area contributed by atoms with Crippen LogP contribution in [0.5, 0.6) is 0 Å². The number of nitrogens with zero attached hydrogens (tertiary/aromatic N) is 2. The van der Waals surface area contributed by atoms with Crippen LogP contribution in [0, 0.1) is 6.92 Å². The molecular formula is C28H29N3O2S. The van der Waals surface area contributed by atoms with E-state index < -0.39 is 0 Å². The van der Waals surface area contributed by atoms with Gasteiger partial charge in [-0.25, -0.2) is 0 Å². The largest absolute Gasteiger partial charge is 0.353 e. The van der Waals surface area contributed by atoms with Crippen molar-refractivity contribution in [2.24, 2.45) is 0 Å². The van der Waals surface area contributed by atoms with Crippen molar-refractivity contribution in [2.45, 2.75) is 18.4 Å². The van der Waals surface area contributed by atoms with E-state index in [4.69, 9.17) is 0 Å². The lowest BCUT2D eigenvalue weighted by Crippen LogP contribution is -2.44. The average Bonchev–Trinajstić information content (AvgIpc) is 2.83. The second-order valence-electron chi connectivity index (χ2n) is 8.45. The molecule has 5 nitrogen and oxygen atoms in total. The van der Waals surface area contributed by atoms with Crippen LogP contribution in [-0.2, 0) is 16.1 Å². The van der Waals surface area contributed by atoms with Crippen LogP contribution in [0.2, 0.25) is 0 Å². The lowest BCUT2D eigenvalue weighted by Gasteiger charge is -2.30. The third kappa shape index (κ3) is 6.16. The Kier molecular flexibility index (Phi) is 7.83. The summed E-state index contributed by atoms with van der Waals surface area (Å²) in [4.78, 5) is 31.4. The van der Waals surface area contributed by atoms with E-state index in [0.29, 0.717) is 11.4 Å². The Labute approximate surface area is 205 Å². The molecule has 0 aliphatic carbocycles. The number of para-hydroxylation sites is 1. The summed E-state index contributed by atoms with van der Waals surface area (Å²) in [6, 6.07) is 26.0. The Hall–Kier alpha value is -3.35. The number of anilines is 1. The molecular weight excluding hydrogens is 442 g/mol. The Morgan fingerprint density at radius 1 is 1.00 bits per heavy atom. The van der Waals surface area contributed by atoms with Crippen molar-refractivity contribution in [1.29, 1.82) is 0 Å². The summed E-state index contributed by atoms with van der Waals surface area (Å²) in [6.45, 7) is 4.09. The highest BCUT2D eigenvalue weighted by Gasteiger charge is 2.30. The van der Waals surface area contributed by atoms with Crippen LogP contribution >= 0.6 is 11.8 Å². The molecule has 0 unspecified atom stereocenters. The molecule has 0 fully saturated rings. The molecule has 1 aliphatic rings. The van der Waals surface area contributed by atoms with E-state index >= 15 is 0 Å². The maximum atomic E-state index is 13.3. The van der Waals surface area contributed by atoms with Crippen molar-refractivity contribution in [3.05, 3.63) is 100 Å². The molecule has 2 amide bonds. The number of carbonyl (C=O) groups is 2. The minimum atomic E-state index is -0.169. The highest BCUT2D eigenvalue weighted by Crippen LogP contribution is 2.41. The van der Waals surface area contributed by atoms with Crippen molar-refractivity contribution in [3.63, 3.8) is 0 Å². The molecule has 6 heteroatoms. The molecule has 34 heavy (non-hydrogen) atoms. The number of carbonyl (C=O) groups excluding carboxylic acids is 2. The van der Waals surface area contributed by atoms with Crippen molar-refractivity contribution in [3.8, 4) is 0 Å². The molecule has 1 aliphatic heterocycles. The Bertz CT molecular complexity index is 1180. The first-order chi connectivity index (χ1) is 16.5. The van der Waals surface area contributed by atoms with Crippen LogP contribution in [0.3, 0.4) is 0 Å². The van der Waals surface area contributed by atoms with Crippen LogP contribution in [0.4, 0.5) is 5.69 Å². The van der Waals surface area contributed by atoms with Gasteiger partial charge in [-0.15, -0.1) is 0 Å². The Morgan fingerprint density at radius 3 is 2.47 bits per heavy atom. The van der Waals surface area contributed by atoms with Gasteiger partial charge in [0.15, 0.2) is 0 Å². The zero-order valence-electron chi connectivity index (χ0n) is 19.5. The predicted octanol–water partition coefficient (Wildman–Crippen LogP) is 4.72. The first-order valence-corrected chi connectivity index (χ1v) is 12.2. The minimum absolute atomic E-state index is 0.00988. The maximum absolute atomic E-state index is 13.3. The second-order valence-corrected chi connectivity index (χ2v) is 9.54. The van der Waals surface area contributed by atoms with Gasteiger partial charge in [-0.1, -0.05) is 84.1 Å². The number of amides is 2. The van der Waals surface area contributed by atoms with Crippen LogP contribution in [0.15, 0.2) is 88.7 Å². The Balaban J connectivity index is 1.40. The van der Waals surface area contributed by atoms with Crippen LogP contribution < -0.4 is 10.2 Å². The summed E-state index contributed by atoms with van der Waals surface area (Å²) in [5.41, 5.74) is 4.14. The second kappa shape index (κ2) is 11.2. The van der Waals surface area contributed by atoms with Gasteiger partial charge in [-0.3, -0.25) is 14.5 Å². The zero-order chi connectivity index (χ0) is 23.9. The topological polar surface area (TPSA) is 52.7 Å². The normalized spacial score (nSPS) is 14.4. The zero-order valence-corrected chi connectivity index (χ0v) is 20.3. The summed E-state index contributed by atoms with van der Waals surface area (Å²) >= 11 is 1.45. The van der Waals surface area contributed by atoms with Crippen LogP contribution in [-0.4, -0.2) is 43.4 Å². The number of fused-ring (bicyclic) bond motifs is 1. The van der Waals surface area contributed by atoms with E-state index in [1.807, 2.05) is 86.8 Å². The van der Waals surface area contributed by atoms with Gasteiger partial charge in [0.1, 0.15) is 6.54 Å². The van der Waals surface area contributed by atoms with Gasteiger partial charge in [0.2, 0.25) is 5.91 Å². The molecule has 3 aromatic carbocycles. The van der Waals surface area contributed by atoms with E-state index in [0.717, 1.165) is 29.2 Å². The molecule has 1 N–H and O–H groups in total. The van der Waals surface area contributed by atoms with E-state index in [1.165, 1.54) is 22.9 Å². The van der Waals surface area contributed by atoms with Gasteiger partial charge in [0.25, 0.3) is 5.91 Å². The summed E-state index contributed by atoms with van der Waals surface area (Å²) < 4.78 is 0. The fourth-order valence-electron chi connectivity index (χ4n) is 3.79. The first kappa shape index (κ1) is 23.8. The number of thioether (sulfide) groups is 1. The molecule has 174 valence electrons. The number of hydrogen-bond donors (Lipinski definition) is 1. The number of hydrogen-bond acceptors (Lipinski definition) is 4. The number of nitrogens with one attached hydrogen (secondary N) is 1. The van der Waals surface area contributed by atoms with E-state index in [1.54, 1.807) is 4.90 Å². The smallest absolute Gasteiger partial charge is 0.265 e. The van der Waals surface area contributed by atoms with E-state index in [9.17, 15) is 9.59 Å². The average molecular weight is 472 g/mol. The van der Waals surface area contributed by atoms with Crippen LogP contribution in [0.1, 0.15) is 16.7 Å². The molecule has 3 aromatic rings. The van der Waals surface area contributed by atoms with Crippen molar-refractivity contribution >= 4 is 35.3 Å². The molecule has 0 saturated heterocycles. The van der Waals surface area contributed by atoms with Gasteiger partial charge in [0, 0.05) is 24.5 Å². The SMILES string of the molecule is Cc1ccc(/C=C2/Sc3ccccc3N(CC(=O)NCCN(C)Cc3ccccc3)C2=O)cc1. The number of benzene rings is 3. The molecule has 0 aromatic heterocycles. The monoisotopic (exact) mass is 471 g/mol. The summed E-state index contributed by atoms with van der Waals surface area (Å²) in [6.07, 6.45) is 1.89. The lowest BCUT2D eigenvalue weighted by molar-refractivity contribution is -0.122. The highest BCUT2D eigenvalue weighted by atomic mass is 32.2. The fourth-order valence-corrected chi connectivity index (χ4v) is 4.85. The van der Waals surface area contributed by atoms with Crippen molar-refractivity contribution in [2.75, 3.05) is 31.6 Å². The number of likely N-dealkylation sites (N-methyl/N-ethyl adjacent to an activating group) is 1. The van der Waals surface area contributed by atoms with Gasteiger partial charge < -0.3 is 10.2 Å². The van der Waals surface area contributed by atoms with Crippen molar-refractivity contribution < 1.29 is 9.59 Å². The minimum Gasteiger partial charge on any atom is -0.353 e. The standard InChI is InChI=1S/C28H29N3O2S/c1-21-12-14-22(15-13-21)18-26-28(33)31(24-10-6-7-11-25(24)34-26)20-27(32)29-16-17-30(2)19-23-8-4-3-5-9-23/h3-15,18H,16-17,19-20H2,1-2H3,(H,29,32)/b26-18+. The van der Waals surface area contributed by atoms with Gasteiger partial charge >= 0.3 is 0 Å². The van der Waals surface area contributed by atoms with E-state index in [2.05, 4.69) is 22.3 Å². The molecule has 0 bridgehead atoms. The summed E-state index contributed by atoms with van der Waals surface area (Å²) in [7, 11) is 2.03. The third-order valence-electron chi connectivity index (χ3n) is 5.62. The summed E-state index contributed by atoms with van der Waals surface area (Å²) in [5.74, 6) is -0.321. The van der Waals surface area contributed by atoms with Gasteiger partial charge in [-0.05, 0) is 43.3 Å². The molecule has 0 atom stereocenters. The summed E-state index contributed by atoms with van der Waals surface area (Å²) in [5, 5.41) is 2.97. The van der Waals surface area contributed by atoms with E-state index in [-0.39, 0.29) is 18.4 Å². The first-order valence-electron chi connectivity index (χ1n) is 11.4. The highest BCUT2D eigenvalue weighted by molar-refractivity contribution is 8.04. The molecule has 1 heterocycles.